The normalized spacial score (nSPS) is 11.4. The molecule has 7 heteroatoms. The first-order valence-electron chi connectivity index (χ1n) is 6.47. The Morgan fingerprint density at radius 3 is 2.90 bits per heavy atom. The summed E-state index contributed by atoms with van der Waals surface area (Å²) in [5.74, 6) is 1.09. The number of nitrogens with zero attached hydrogens (tertiary/aromatic N) is 3. The zero-order valence-electron chi connectivity index (χ0n) is 11.0. The van der Waals surface area contributed by atoms with Crippen molar-refractivity contribution in [2.75, 3.05) is 5.88 Å². The highest BCUT2D eigenvalue weighted by molar-refractivity contribution is 9.10. The van der Waals surface area contributed by atoms with Crippen molar-refractivity contribution < 1.29 is 4.39 Å². The topological polar surface area (TPSA) is 30.7 Å². The van der Waals surface area contributed by atoms with Crippen LogP contribution in [0.4, 0.5) is 4.39 Å². The lowest BCUT2D eigenvalue weighted by Crippen LogP contribution is -2.07. The van der Waals surface area contributed by atoms with Gasteiger partial charge in [-0.2, -0.15) is 0 Å². The first-order chi connectivity index (χ1) is 10.2. The number of imidazole rings is 1. The largest absolute Gasteiger partial charge is 0.327 e. The van der Waals surface area contributed by atoms with Crippen LogP contribution >= 0.6 is 38.9 Å². The Kier molecular flexibility index (Phi) is 4.57. The van der Waals surface area contributed by atoms with Crippen molar-refractivity contribution in [1.29, 1.82) is 0 Å². The van der Waals surface area contributed by atoms with Crippen LogP contribution in [-0.4, -0.2) is 20.4 Å². The molecular weight excluding hydrogens is 377 g/mol. The molecule has 0 atom stereocenters. The van der Waals surface area contributed by atoms with Crippen LogP contribution in [0.3, 0.4) is 0 Å². The van der Waals surface area contributed by atoms with Crippen molar-refractivity contribution in [2.45, 2.75) is 19.4 Å². The van der Waals surface area contributed by atoms with E-state index in [2.05, 4.69) is 25.9 Å². The number of aromatic nitrogens is 3. The lowest BCUT2D eigenvalue weighted by Gasteiger charge is -2.07. The molecule has 0 aliphatic heterocycles. The third-order valence-corrected chi connectivity index (χ3v) is 4.86. The molecular formula is C14H12BrClFN3S. The maximum Gasteiger partial charge on any atom is 0.139 e. The highest BCUT2D eigenvalue weighted by Crippen LogP contribution is 2.25. The summed E-state index contributed by atoms with van der Waals surface area (Å²) < 4.78 is 16.3. The lowest BCUT2D eigenvalue weighted by molar-refractivity contribution is 0.619. The Morgan fingerprint density at radius 2 is 2.19 bits per heavy atom. The van der Waals surface area contributed by atoms with Crippen LogP contribution in [0.25, 0.3) is 11.0 Å². The van der Waals surface area contributed by atoms with Gasteiger partial charge in [-0.1, -0.05) is 0 Å². The molecule has 110 valence electrons. The van der Waals surface area contributed by atoms with Crippen molar-refractivity contribution in [2.24, 2.45) is 0 Å². The van der Waals surface area contributed by atoms with Crippen LogP contribution in [0.1, 0.15) is 10.8 Å². The van der Waals surface area contributed by atoms with Gasteiger partial charge in [-0.05, 0) is 22.0 Å². The molecule has 0 spiro atoms. The Labute approximate surface area is 138 Å². The zero-order valence-corrected chi connectivity index (χ0v) is 14.2. The van der Waals surface area contributed by atoms with Gasteiger partial charge in [0.1, 0.15) is 11.6 Å². The lowest BCUT2D eigenvalue weighted by atomic mass is 10.3. The summed E-state index contributed by atoms with van der Waals surface area (Å²) >= 11 is 10.7. The van der Waals surface area contributed by atoms with Gasteiger partial charge in [-0.3, -0.25) is 0 Å². The summed E-state index contributed by atoms with van der Waals surface area (Å²) in [5, 5.41) is 3.02. The SMILES string of the molecule is Fc1cc2c(cc1Br)nc(CCCl)n2CCc1nccs1. The molecule has 0 saturated heterocycles. The van der Waals surface area contributed by atoms with Gasteiger partial charge in [0.2, 0.25) is 0 Å². The number of benzene rings is 1. The fourth-order valence-electron chi connectivity index (χ4n) is 2.28. The molecule has 3 aromatic rings. The van der Waals surface area contributed by atoms with Gasteiger partial charge < -0.3 is 4.57 Å². The summed E-state index contributed by atoms with van der Waals surface area (Å²) in [5.41, 5.74) is 1.58. The van der Waals surface area contributed by atoms with E-state index >= 15 is 0 Å². The minimum atomic E-state index is -0.282. The second-order valence-corrected chi connectivity index (χ2v) is 6.76. The van der Waals surface area contributed by atoms with Gasteiger partial charge in [0, 0.05) is 42.9 Å². The van der Waals surface area contributed by atoms with Crippen LogP contribution < -0.4 is 0 Å². The molecule has 0 radical (unpaired) electrons. The van der Waals surface area contributed by atoms with E-state index in [1.165, 1.54) is 6.07 Å². The monoisotopic (exact) mass is 387 g/mol. The van der Waals surface area contributed by atoms with Crippen LogP contribution in [0.15, 0.2) is 28.2 Å². The molecule has 1 aromatic carbocycles. The summed E-state index contributed by atoms with van der Waals surface area (Å²) in [6.07, 6.45) is 3.26. The van der Waals surface area contributed by atoms with Crippen molar-refractivity contribution in [3.8, 4) is 0 Å². The van der Waals surface area contributed by atoms with Crippen LogP contribution in [-0.2, 0) is 19.4 Å². The Hall–Kier alpha value is -0.980. The van der Waals surface area contributed by atoms with Crippen molar-refractivity contribution in [1.82, 2.24) is 14.5 Å². The van der Waals surface area contributed by atoms with Gasteiger partial charge in [0.15, 0.2) is 0 Å². The van der Waals surface area contributed by atoms with E-state index < -0.39 is 0 Å². The molecule has 2 aromatic heterocycles. The van der Waals surface area contributed by atoms with Crippen LogP contribution in [0.5, 0.6) is 0 Å². The second-order valence-electron chi connectivity index (χ2n) is 4.55. The number of alkyl halides is 1. The Bertz CT molecular complexity index is 757. The molecule has 0 saturated carbocycles. The molecule has 0 aliphatic rings. The number of rotatable bonds is 5. The smallest absolute Gasteiger partial charge is 0.139 e. The highest BCUT2D eigenvalue weighted by Gasteiger charge is 2.13. The minimum Gasteiger partial charge on any atom is -0.327 e. The molecule has 21 heavy (non-hydrogen) atoms. The van der Waals surface area contributed by atoms with Crippen molar-refractivity contribution >= 4 is 49.9 Å². The number of fused-ring (bicyclic) bond motifs is 1. The average molecular weight is 389 g/mol. The van der Waals surface area contributed by atoms with E-state index in [0.717, 1.165) is 34.8 Å². The summed E-state index contributed by atoms with van der Waals surface area (Å²) in [4.78, 5) is 8.85. The summed E-state index contributed by atoms with van der Waals surface area (Å²) in [7, 11) is 0. The standard InChI is InChI=1S/C14H12BrClFN3S/c15-9-7-11-12(8-10(9)17)20(13(19-11)1-3-16)5-2-14-18-4-6-21-14/h4,6-8H,1-3,5H2. The molecule has 0 aliphatic carbocycles. The van der Waals surface area contributed by atoms with E-state index in [1.807, 2.05) is 9.95 Å². The average Bonchev–Trinajstić information content (AvgIpc) is 3.06. The van der Waals surface area contributed by atoms with E-state index in [4.69, 9.17) is 11.6 Å². The van der Waals surface area contributed by atoms with Gasteiger partial charge in [0.25, 0.3) is 0 Å². The van der Waals surface area contributed by atoms with Crippen LogP contribution in [0.2, 0.25) is 0 Å². The second kappa shape index (κ2) is 6.42. The summed E-state index contributed by atoms with van der Waals surface area (Å²) in [6.45, 7) is 0.720. The third-order valence-electron chi connectivity index (χ3n) is 3.22. The fourth-order valence-corrected chi connectivity index (χ4v) is 3.39. The molecule has 0 amide bonds. The van der Waals surface area contributed by atoms with E-state index in [1.54, 1.807) is 23.6 Å². The fraction of sp³-hybridized carbons (Fsp3) is 0.286. The van der Waals surface area contributed by atoms with Crippen LogP contribution in [0, 0.1) is 5.82 Å². The Morgan fingerprint density at radius 1 is 1.33 bits per heavy atom. The predicted octanol–water partition coefficient (Wildman–Crippen LogP) is 4.42. The van der Waals surface area contributed by atoms with Gasteiger partial charge in [0.05, 0.1) is 20.5 Å². The summed E-state index contributed by atoms with van der Waals surface area (Å²) in [6, 6.07) is 3.23. The first-order valence-corrected chi connectivity index (χ1v) is 8.68. The van der Waals surface area contributed by atoms with Crippen molar-refractivity contribution in [3.05, 3.63) is 44.8 Å². The zero-order chi connectivity index (χ0) is 14.8. The number of hydrogen-bond acceptors (Lipinski definition) is 3. The first kappa shape index (κ1) is 14.9. The minimum absolute atomic E-state index is 0.282. The van der Waals surface area contributed by atoms with Gasteiger partial charge in [-0.25, -0.2) is 14.4 Å². The van der Waals surface area contributed by atoms with Gasteiger partial charge >= 0.3 is 0 Å². The van der Waals surface area contributed by atoms with E-state index in [0.29, 0.717) is 16.8 Å². The molecule has 3 nitrogen and oxygen atoms in total. The van der Waals surface area contributed by atoms with Gasteiger partial charge in [-0.15, -0.1) is 22.9 Å². The highest BCUT2D eigenvalue weighted by atomic mass is 79.9. The quantitative estimate of drug-likeness (QED) is 0.606. The molecule has 0 unspecified atom stereocenters. The number of hydrogen-bond donors (Lipinski definition) is 0. The Balaban J connectivity index is 2.00. The third kappa shape index (κ3) is 3.12. The maximum absolute atomic E-state index is 13.8. The molecule has 2 heterocycles. The number of thiazole rings is 1. The molecule has 0 fully saturated rings. The molecule has 0 bridgehead atoms. The van der Waals surface area contributed by atoms with E-state index in [-0.39, 0.29) is 5.82 Å². The maximum atomic E-state index is 13.8. The number of aryl methyl sites for hydroxylation is 3. The van der Waals surface area contributed by atoms with E-state index in [9.17, 15) is 4.39 Å². The predicted molar refractivity (Wildman–Crippen MR) is 87.6 cm³/mol. The molecule has 3 rings (SSSR count). The molecule has 0 N–H and O–H groups in total. The number of halogens is 3. The van der Waals surface area contributed by atoms with Crippen molar-refractivity contribution in [3.63, 3.8) is 0 Å².